The van der Waals surface area contributed by atoms with Crippen molar-refractivity contribution in [2.45, 2.75) is 38.8 Å². The van der Waals surface area contributed by atoms with Crippen LogP contribution < -0.4 is 15.8 Å². The first kappa shape index (κ1) is 17.5. The summed E-state index contributed by atoms with van der Waals surface area (Å²) in [7, 11) is 0. The second-order valence-corrected chi connectivity index (χ2v) is 6.48. The molecule has 0 spiro atoms. The van der Waals surface area contributed by atoms with Gasteiger partial charge in [0.15, 0.2) is 0 Å². The maximum Gasteiger partial charge on any atom is 0.251 e. The molecular formula is C18H24N2O2S. The van der Waals surface area contributed by atoms with Crippen LogP contribution in [-0.4, -0.2) is 18.5 Å². The number of carbonyl (C=O) groups excluding carboxylic acids is 1. The molecule has 0 aliphatic carbocycles. The number of benzene rings is 1. The van der Waals surface area contributed by atoms with Crippen molar-refractivity contribution in [2.24, 2.45) is 5.73 Å². The number of hydrogen-bond acceptors (Lipinski definition) is 4. The summed E-state index contributed by atoms with van der Waals surface area (Å²) in [5, 5.41) is 5.02. The topological polar surface area (TPSA) is 64.3 Å². The van der Waals surface area contributed by atoms with E-state index in [0.29, 0.717) is 24.5 Å². The van der Waals surface area contributed by atoms with E-state index in [4.69, 9.17) is 10.5 Å². The Morgan fingerprint density at radius 1 is 1.35 bits per heavy atom. The molecule has 4 nitrogen and oxygen atoms in total. The van der Waals surface area contributed by atoms with Gasteiger partial charge in [-0.2, -0.15) is 0 Å². The van der Waals surface area contributed by atoms with E-state index in [1.165, 1.54) is 0 Å². The lowest BCUT2D eigenvalue weighted by molar-refractivity contribution is 0.0935. The highest BCUT2D eigenvalue weighted by molar-refractivity contribution is 7.09. The molecule has 0 saturated heterocycles. The summed E-state index contributed by atoms with van der Waals surface area (Å²) in [6, 6.07) is 11.3. The highest BCUT2D eigenvalue weighted by Crippen LogP contribution is 2.17. The molecule has 0 radical (unpaired) electrons. The van der Waals surface area contributed by atoms with Gasteiger partial charge in [0.1, 0.15) is 12.4 Å². The molecule has 1 heterocycles. The molecule has 0 aliphatic heterocycles. The number of hydrogen-bond donors (Lipinski definition) is 2. The Balaban J connectivity index is 1.93. The average Bonchev–Trinajstić information content (AvgIpc) is 3.10. The number of ether oxygens (including phenoxy) is 1. The van der Waals surface area contributed by atoms with Crippen LogP contribution in [0.5, 0.6) is 5.75 Å². The third-order valence-electron chi connectivity index (χ3n) is 3.58. The first-order valence-electron chi connectivity index (χ1n) is 7.99. The standard InChI is InChI=1S/C18H24N2O2S/c1-2-3-7-15(12-19)20-18(21)14-6-4-8-16(11-14)22-13-17-9-5-10-23-17/h4-6,8-11,15H,2-3,7,12-13,19H2,1H3,(H,20,21). The summed E-state index contributed by atoms with van der Waals surface area (Å²) >= 11 is 1.65. The zero-order valence-electron chi connectivity index (χ0n) is 13.5. The van der Waals surface area contributed by atoms with E-state index in [0.717, 1.165) is 24.1 Å². The van der Waals surface area contributed by atoms with Crippen LogP contribution in [0.1, 0.15) is 41.4 Å². The van der Waals surface area contributed by atoms with Crippen LogP contribution in [0.3, 0.4) is 0 Å². The first-order chi connectivity index (χ1) is 11.2. The Hall–Kier alpha value is -1.85. The molecule has 1 atom stereocenters. The molecule has 0 fully saturated rings. The maximum atomic E-state index is 12.3. The SMILES string of the molecule is CCCCC(CN)NC(=O)c1cccc(OCc2cccs2)c1. The fourth-order valence-electron chi connectivity index (χ4n) is 2.24. The monoisotopic (exact) mass is 332 g/mol. The van der Waals surface area contributed by atoms with Gasteiger partial charge in [-0.05, 0) is 36.1 Å². The fraction of sp³-hybridized carbons (Fsp3) is 0.389. The number of thiophene rings is 1. The molecule has 124 valence electrons. The molecule has 1 amide bonds. The van der Waals surface area contributed by atoms with Gasteiger partial charge in [-0.3, -0.25) is 4.79 Å². The van der Waals surface area contributed by atoms with Crippen LogP contribution in [0.2, 0.25) is 0 Å². The van der Waals surface area contributed by atoms with Crippen LogP contribution in [0.4, 0.5) is 0 Å². The minimum Gasteiger partial charge on any atom is -0.488 e. The van der Waals surface area contributed by atoms with Crippen LogP contribution in [0, 0.1) is 0 Å². The lowest BCUT2D eigenvalue weighted by atomic mass is 10.1. The van der Waals surface area contributed by atoms with Crippen LogP contribution >= 0.6 is 11.3 Å². The Morgan fingerprint density at radius 3 is 2.91 bits per heavy atom. The van der Waals surface area contributed by atoms with Crippen molar-refractivity contribution in [2.75, 3.05) is 6.54 Å². The van der Waals surface area contributed by atoms with Crippen molar-refractivity contribution in [1.82, 2.24) is 5.32 Å². The summed E-state index contributed by atoms with van der Waals surface area (Å²) in [5.41, 5.74) is 6.33. The third-order valence-corrected chi connectivity index (χ3v) is 4.43. The van der Waals surface area contributed by atoms with Gasteiger partial charge in [0.05, 0.1) is 0 Å². The van der Waals surface area contributed by atoms with Crippen molar-refractivity contribution in [3.8, 4) is 5.75 Å². The predicted octanol–water partition coefficient (Wildman–Crippen LogP) is 3.57. The summed E-state index contributed by atoms with van der Waals surface area (Å²) in [4.78, 5) is 13.5. The first-order valence-corrected chi connectivity index (χ1v) is 8.87. The molecule has 3 N–H and O–H groups in total. The van der Waals surface area contributed by atoms with E-state index < -0.39 is 0 Å². The molecule has 0 aliphatic rings. The maximum absolute atomic E-state index is 12.3. The third kappa shape index (κ3) is 5.69. The van der Waals surface area contributed by atoms with Gasteiger partial charge in [-0.1, -0.05) is 31.9 Å². The molecule has 5 heteroatoms. The summed E-state index contributed by atoms with van der Waals surface area (Å²) in [6.45, 7) is 3.11. The van der Waals surface area contributed by atoms with Gasteiger partial charge in [0.2, 0.25) is 0 Å². The van der Waals surface area contributed by atoms with E-state index in [-0.39, 0.29) is 11.9 Å². The summed E-state index contributed by atoms with van der Waals surface area (Å²) in [6.07, 6.45) is 3.07. The normalized spacial score (nSPS) is 11.9. The highest BCUT2D eigenvalue weighted by Gasteiger charge is 2.12. The Labute approximate surface area is 141 Å². The quantitative estimate of drug-likeness (QED) is 0.738. The van der Waals surface area contributed by atoms with Crippen molar-refractivity contribution in [1.29, 1.82) is 0 Å². The molecule has 2 aromatic rings. The van der Waals surface area contributed by atoms with Crippen molar-refractivity contribution >= 4 is 17.2 Å². The van der Waals surface area contributed by atoms with Gasteiger partial charge >= 0.3 is 0 Å². The van der Waals surface area contributed by atoms with E-state index in [1.54, 1.807) is 23.5 Å². The molecule has 23 heavy (non-hydrogen) atoms. The van der Waals surface area contributed by atoms with Crippen molar-refractivity contribution in [3.05, 3.63) is 52.2 Å². The van der Waals surface area contributed by atoms with Gasteiger partial charge in [-0.15, -0.1) is 11.3 Å². The largest absolute Gasteiger partial charge is 0.488 e. The second-order valence-electron chi connectivity index (χ2n) is 5.44. The Morgan fingerprint density at radius 2 is 2.22 bits per heavy atom. The van der Waals surface area contributed by atoms with Crippen molar-refractivity contribution in [3.63, 3.8) is 0 Å². The number of unbranched alkanes of at least 4 members (excludes halogenated alkanes) is 1. The van der Waals surface area contributed by atoms with Gasteiger partial charge in [-0.25, -0.2) is 0 Å². The zero-order valence-corrected chi connectivity index (χ0v) is 14.3. The molecular weight excluding hydrogens is 308 g/mol. The number of nitrogens with one attached hydrogen (secondary N) is 1. The van der Waals surface area contributed by atoms with Gasteiger partial charge in [0, 0.05) is 23.0 Å². The number of amides is 1. The smallest absolute Gasteiger partial charge is 0.251 e. The van der Waals surface area contributed by atoms with Crippen LogP contribution in [-0.2, 0) is 6.61 Å². The zero-order chi connectivity index (χ0) is 16.5. The molecule has 0 saturated carbocycles. The van der Waals surface area contributed by atoms with E-state index in [1.807, 2.05) is 29.6 Å². The minimum atomic E-state index is -0.0990. The number of rotatable bonds is 9. The molecule has 1 aromatic carbocycles. The van der Waals surface area contributed by atoms with Crippen LogP contribution in [0.15, 0.2) is 41.8 Å². The minimum absolute atomic E-state index is 0.0261. The fourth-order valence-corrected chi connectivity index (χ4v) is 2.86. The van der Waals surface area contributed by atoms with Gasteiger partial charge < -0.3 is 15.8 Å². The van der Waals surface area contributed by atoms with E-state index in [9.17, 15) is 4.79 Å². The second kappa shape index (κ2) is 9.33. The summed E-state index contributed by atoms with van der Waals surface area (Å²) < 4.78 is 5.74. The van der Waals surface area contributed by atoms with E-state index in [2.05, 4.69) is 12.2 Å². The number of carbonyl (C=O) groups is 1. The predicted molar refractivity (Wildman–Crippen MR) is 94.9 cm³/mol. The van der Waals surface area contributed by atoms with E-state index >= 15 is 0 Å². The average molecular weight is 332 g/mol. The lowest BCUT2D eigenvalue weighted by Crippen LogP contribution is -2.40. The van der Waals surface area contributed by atoms with Crippen molar-refractivity contribution < 1.29 is 9.53 Å². The lowest BCUT2D eigenvalue weighted by Gasteiger charge is -2.16. The highest BCUT2D eigenvalue weighted by atomic mass is 32.1. The molecule has 1 aromatic heterocycles. The molecule has 0 bridgehead atoms. The van der Waals surface area contributed by atoms with Crippen LogP contribution in [0.25, 0.3) is 0 Å². The molecule has 2 rings (SSSR count). The number of nitrogens with two attached hydrogens (primary N) is 1. The van der Waals surface area contributed by atoms with Gasteiger partial charge in [0.25, 0.3) is 5.91 Å². The molecule has 1 unspecified atom stereocenters. The summed E-state index contributed by atoms with van der Waals surface area (Å²) in [5.74, 6) is 0.599. The Bertz CT molecular complexity index is 599. The Kier molecular flexibility index (Phi) is 7.10.